The van der Waals surface area contributed by atoms with E-state index in [1.807, 2.05) is 35.0 Å². The molecule has 3 aromatic rings. The standard InChI is InChI=1S/C18H16N2O2/c21-18(22)16-8-4-7-15(11-16)13-20-10-9-19-17(20)12-14-5-2-1-3-6-14/h1-11H,12-13H2,(H,21,22). The maximum absolute atomic E-state index is 11.0. The predicted octanol–water partition coefficient (Wildman–Crippen LogP) is 3.22. The largest absolute Gasteiger partial charge is 0.478 e. The number of carbonyl (C=O) groups is 1. The van der Waals surface area contributed by atoms with Gasteiger partial charge in [-0.15, -0.1) is 0 Å². The van der Waals surface area contributed by atoms with Crippen LogP contribution in [0.3, 0.4) is 0 Å². The summed E-state index contributed by atoms with van der Waals surface area (Å²) in [5.74, 6) is 0.0592. The van der Waals surface area contributed by atoms with Crippen LogP contribution in [0.1, 0.15) is 27.3 Å². The molecule has 0 spiro atoms. The van der Waals surface area contributed by atoms with E-state index in [1.54, 1.807) is 24.4 Å². The Morgan fingerprint density at radius 2 is 1.82 bits per heavy atom. The molecule has 0 saturated heterocycles. The minimum Gasteiger partial charge on any atom is -0.478 e. The second kappa shape index (κ2) is 6.26. The Kier molecular flexibility index (Phi) is 4.01. The van der Waals surface area contributed by atoms with Gasteiger partial charge in [-0.05, 0) is 23.3 Å². The third-order valence-corrected chi connectivity index (χ3v) is 3.53. The molecule has 0 radical (unpaired) electrons. The van der Waals surface area contributed by atoms with E-state index in [0.717, 1.165) is 17.8 Å². The van der Waals surface area contributed by atoms with Crippen molar-refractivity contribution >= 4 is 5.97 Å². The Balaban J connectivity index is 1.80. The third-order valence-electron chi connectivity index (χ3n) is 3.53. The average molecular weight is 292 g/mol. The summed E-state index contributed by atoms with van der Waals surface area (Å²) in [6, 6.07) is 17.2. The fourth-order valence-electron chi connectivity index (χ4n) is 2.43. The highest BCUT2D eigenvalue weighted by atomic mass is 16.4. The number of carboxylic acids is 1. The van der Waals surface area contributed by atoms with Gasteiger partial charge in [0.2, 0.25) is 0 Å². The van der Waals surface area contributed by atoms with Crippen LogP contribution in [0, 0.1) is 0 Å². The summed E-state index contributed by atoms with van der Waals surface area (Å²) in [5.41, 5.74) is 2.46. The number of benzene rings is 2. The fourth-order valence-corrected chi connectivity index (χ4v) is 2.43. The van der Waals surface area contributed by atoms with Gasteiger partial charge in [0, 0.05) is 25.4 Å². The number of nitrogens with zero attached hydrogens (tertiary/aromatic N) is 2. The Hall–Kier alpha value is -2.88. The second-order valence-corrected chi connectivity index (χ2v) is 5.14. The van der Waals surface area contributed by atoms with Crippen LogP contribution in [0.4, 0.5) is 0 Å². The molecule has 2 aromatic carbocycles. The molecule has 22 heavy (non-hydrogen) atoms. The molecule has 1 heterocycles. The van der Waals surface area contributed by atoms with Crippen molar-refractivity contribution < 1.29 is 9.90 Å². The van der Waals surface area contributed by atoms with Crippen LogP contribution in [-0.2, 0) is 13.0 Å². The molecule has 0 atom stereocenters. The molecule has 4 heteroatoms. The van der Waals surface area contributed by atoms with Crippen LogP contribution in [0.15, 0.2) is 67.0 Å². The minimum absolute atomic E-state index is 0.308. The molecule has 0 bridgehead atoms. The van der Waals surface area contributed by atoms with E-state index in [9.17, 15) is 4.79 Å². The highest BCUT2D eigenvalue weighted by Crippen LogP contribution is 2.12. The Morgan fingerprint density at radius 1 is 1.05 bits per heavy atom. The SMILES string of the molecule is O=C(O)c1cccc(Cn2ccnc2Cc2ccccc2)c1. The smallest absolute Gasteiger partial charge is 0.335 e. The second-order valence-electron chi connectivity index (χ2n) is 5.14. The van der Waals surface area contributed by atoms with Gasteiger partial charge in [0.1, 0.15) is 5.82 Å². The molecule has 110 valence electrons. The number of hydrogen-bond acceptors (Lipinski definition) is 2. The van der Waals surface area contributed by atoms with Crippen LogP contribution < -0.4 is 0 Å². The summed E-state index contributed by atoms with van der Waals surface area (Å²) in [6.45, 7) is 0.614. The first-order valence-corrected chi connectivity index (χ1v) is 7.08. The van der Waals surface area contributed by atoms with Gasteiger partial charge in [0.05, 0.1) is 5.56 Å². The van der Waals surface area contributed by atoms with Gasteiger partial charge in [-0.1, -0.05) is 42.5 Å². The third kappa shape index (κ3) is 3.23. The first kappa shape index (κ1) is 14.1. The maximum atomic E-state index is 11.0. The van der Waals surface area contributed by atoms with Gasteiger partial charge in [-0.2, -0.15) is 0 Å². The van der Waals surface area contributed by atoms with Crippen molar-refractivity contribution in [3.63, 3.8) is 0 Å². The number of aromatic nitrogens is 2. The van der Waals surface area contributed by atoms with E-state index < -0.39 is 5.97 Å². The zero-order chi connectivity index (χ0) is 15.4. The molecule has 0 saturated carbocycles. The zero-order valence-electron chi connectivity index (χ0n) is 12.0. The van der Waals surface area contributed by atoms with E-state index in [0.29, 0.717) is 12.1 Å². The molecule has 0 aliphatic carbocycles. The Morgan fingerprint density at radius 3 is 2.59 bits per heavy atom. The lowest BCUT2D eigenvalue weighted by Gasteiger charge is -2.09. The van der Waals surface area contributed by atoms with Crippen molar-refractivity contribution in [1.29, 1.82) is 0 Å². The van der Waals surface area contributed by atoms with Crippen molar-refractivity contribution in [3.05, 3.63) is 89.5 Å². The van der Waals surface area contributed by atoms with Crippen LogP contribution in [0.2, 0.25) is 0 Å². The van der Waals surface area contributed by atoms with Gasteiger partial charge in [0.15, 0.2) is 0 Å². The van der Waals surface area contributed by atoms with E-state index in [4.69, 9.17) is 5.11 Å². The van der Waals surface area contributed by atoms with Gasteiger partial charge in [0.25, 0.3) is 0 Å². The molecule has 1 N–H and O–H groups in total. The van der Waals surface area contributed by atoms with E-state index in [2.05, 4.69) is 17.1 Å². The average Bonchev–Trinajstić information content (AvgIpc) is 2.95. The summed E-state index contributed by atoms with van der Waals surface area (Å²) in [7, 11) is 0. The van der Waals surface area contributed by atoms with Crippen molar-refractivity contribution in [1.82, 2.24) is 9.55 Å². The summed E-state index contributed by atoms with van der Waals surface area (Å²) in [5, 5.41) is 9.07. The normalized spacial score (nSPS) is 10.5. The minimum atomic E-state index is -0.906. The van der Waals surface area contributed by atoms with Gasteiger partial charge < -0.3 is 9.67 Å². The monoisotopic (exact) mass is 292 g/mol. The van der Waals surface area contributed by atoms with Crippen LogP contribution in [0.5, 0.6) is 0 Å². The van der Waals surface area contributed by atoms with E-state index in [1.165, 1.54) is 5.56 Å². The van der Waals surface area contributed by atoms with Crippen LogP contribution >= 0.6 is 0 Å². The first-order chi connectivity index (χ1) is 10.7. The summed E-state index contributed by atoms with van der Waals surface area (Å²) < 4.78 is 2.05. The zero-order valence-corrected chi connectivity index (χ0v) is 12.0. The lowest BCUT2D eigenvalue weighted by Crippen LogP contribution is -2.06. The highest BCUT2D eigenvalue weighted by Gasteiger charge is 2.07. The summed E-state index contributed by atoms with van der Waals surface area (Å²) in [6.07, 6.45) is 4.46. The van der Waals surface area contributed by atoms with Crippen molar-refractivity contribution in [2.24, 2.45) is 0 Å². The molecule has 1 aromatic heterocycles. The molecule has 3 rings (SSSR count). The van der Waals surface area contributed by atoms with Gasteiger partial charge >= 0.3 is 5.97 Å². The number of imidazole rings is 1. The molecule has 4 nitrogen and oxygen atoms in total. The molecule has 0 fully saturated rings. The lowest BCUT2D eigenvalue weighted by molar-refractivity contribution is 0.0696. The summed E-state index contributed by atoms with van der Waals surface area (Å²) >= 11 is 0. The molecule has 0 aliphatic heterocycles. The van der Waals surface area contributed by atoms with Crippen LogP contribution in [0.25, 0.3) is 0 Å². The van der Waals surface area contributed by atoms with Crippen molar-refractivity contribution in [2.75, 3.05) is 0 Å². The number of carboxylic acid groups (broad SMARTS) is 1. The topological polar surface area (TPSA) is 55.1 Å². The Bertz CT molecular complexity index is 779. The quantitative estimate of drug-likeness (QED) is 0.785. The fraction of sp³-hybridized carbons (Fsp3) is 0.111. The highest BCUT2D eigenvalue weighted by molar-refractivity contribution is 5.87. The van der Waals surface area contributed by atoms with E-state index >= 15 is 0 Å². The first-order valence-electron chi connectivity index (χ1n) is 7.08. The number of hydrogen-bond donors (Lipinski definition) is 1. The van der Waals surface area contributed by atoms with Crippen molar-refractivity contribution in [2.45, 2.75) is 13.0 Å². The van der Waals surface area contributed by atoms with Crippen LogP contribution in [-0.4, -0.2) is 20.6 Å². The summed E-state index contributed by atoms with van der Waals surface area (Å²) in [4.78, 5) is 15.5. The predicted molar refractivity (Wildman–Crippen MR) is 84.0 cm³/mol. The molecule has 0 unspecified atom stereocenters. The van der Waals surface area contributed by atoms with E-state index in [-0.39, 0.29) is 0 Å². The lowest BCUT2D eigenvalue weighted by atomic mass is 10.1. The number of aromatic carboxylic acids is 1. The number of rotatable bonds is 5. The van der Waals surface area contributed by atoms with Gasteiger partial charge in [-0.3, -0.25) is 0 Å². The van der Waals surface area contributed by atoms with Crippen molar-refractivity contribution in [3.8, 4) is 0 Å². The maximum Gasteiger partial charge on any atom is 0.335 e. The van der Waals surface area contributed by atoms with Gasteiger partial charge in [-0.25, -0.2) is 9.78 Å². The molecule has 0 aliphatic rings. The molecular formula is C18H16N2O2. The Labute approximate surface area is 128 Å². The molecule has 0 amide bonds. The molecular weight excluding hydrogens is 276 g/mol.